The van der Waals surface area contributed by atoms with Crippen LogP contribution in [0.5, 0.6) is 0 Å². The standard InChI is InChI=1S/C25H30Cl2N4O/c1-28-9-13-30(14-10-28)21-6-3-19(24(18-21)31-15-11-29(2)12-16-31)4-8-25(32)22-7-5-20(26)17-23(22)27/h3-8,17-18H,9-16H2,1-2H3/b8-4+. The van der Waals surface area contributed by atoms with Gasteiger partial charge in [-0.25, -0.2) is 0 Å². The lowest BCUT2D eigenvalue weighted by atomic mass is 10.1. The van der Waals surface area contributed by atoms with Crippen molar-refractivity contribution in [1.82, 2.24) is 9.80 Å². The Balaban J connectivity index is 1.61. The Kier molecular flexibility index (Phi) is 7.41. The number of hydrogen-bond acceptors (Lipinski definition) is 5. The summed E-state index contributed by atoms with van der Waals surface area (Å²) >= 11 is 12.2. The zero-order valence-electron chi connectivity index (χ0n) is 18.7. The van der Waals surface area contributed by atoms with Gasteiger partial charge < -0.3 is 19.6 Å². The minimum absolute atomic E-state index is 0.126. The highest BCUT2D eigenvalue weighted by Gasteiger charge is 2.20. The molecule has 2 heterocycles. The van der Waals surface area contributed by atoms with E-state index in [-0.39, 0.29) is 5.78 Å². The predicted molar refractivity (Wildman–Crippen MR) is 136 cm³/mol. The molecular weight excluding hydrogens is 443 g/mol. The zero-order valence-corrected chi connectivity index (χ0v) is 20.2. The van der Waals surface area contributed by atoms with Crippen molar-refractivity contribution in [3.8, 4) is 0 Å². The third-order valence-electron chi connectivity index (χ3n) is 6.34. The van der Waals surface area contributed by atoms with Gasteiger partial charge in [-0.1, -0.05) is 29.3 Å². The molecule has 5 nitrogen and oxygen atoms in total. The number of carbonyl (C=O) groups is 1. The summed E-state index contributed by atoms with van der Waals surface area (Å²) in [7, 11) is 4.33. The molecule has 0 bridgehead atoms. The minimum atomic E-state index is -0.126. The van der Waals surface area contributed by atoms with Gasteiger partial charge in [-0.05, 0) is 62.1 Å². The molecule has 2 aromatic carbocycles. The van der Waals surface area contributed by atoms with Crippen molar-refractivity contribution in [1.29, 1.82) is 0 Å². The van der Waals surface area contributed by atoms with Gasteiger partial charge in [0.1, 0.15) is 0 Å². The molecule has 0 saturated carbocycles. The molecule has 2 aromatic rings. The number of halogens is 2. The molecule has 4 rings (SSSR count). The molecular formula is C25H30Cl2N4O. The zero-order chi connectivity index (χ0) is 22.7. The smallest absolute Gasteiger partial charge is 0.187 e. The first-order chi connectivity index (χ1) is 15.4. The molecule has 2 saturated heterocycles. The van der Waals surface area contributed by atoms with Gasteiger partial charge in [0.15, 0.2) is 5.78 Å². The van der Waals surface area contributed by atoms with Crippen LogP contribution in [-0.4, -0.2) is 82.0 Å². The lowest BCUT2D eigenvalue weighted by Gasteiger charge is -2.37. The van der Waals surface area contributed by atoms with E-state index in [9.17, 15) is 4.79 Å². The Bertz CT molecular complexity index is 993. The summed E-state index contributed by atoms with van der Waals surface area (Å²) in [6, 6.07) is 11.6. The highest BCUT2D eigenvalue weighted by Crippen LogP contribution is 2.30. The van der Waals surface area contributed by atoms with Crippen LogP contribution in [0.1, 0.15) is 15.9 Å². The van der Waals surface area contributed by atoms with E-state index in [1.165, 1.54) is 11.4 Å². The molecule has 0 N–H and O–H groups in total. The van der Waals surface area contributed by atoms with E-state index in [0.29, 0.717) is 15.6 Å². The molecule has 170 valence electrons. The van der Waals surface area contributed by atoms with E-state index < -0.39 is 0 Å². The minimum Gasteiger partial charge on any atom is -0.369 e. The third-order valence-corrected chi connectivity index (χ3v) is 6.89. The van der Waals surface area contributed by atoms with Gasteiger partial charge in [0.25, 0.3) is 0 Å². The molecule has 32 heavy (non-hydrogen) atoms. The summed E-state index contributed by atoms with van der Waals surface area (Å²) in [4.78, 5) is 22.4. The molecule has 0 aromatic heterocycles. The maximum atomic E-state index is 12.8. The first kappa shape index (κ1) is 23.1. The lowest BCUT2D eigenvalue weighted by Crippen LogP contribution is -2.45. The summed E-state index contributed by atoms with van der Waals surface area (Å²) in [6.07, 6.45) is 3.52. The Morgan fingerprint density at radius 2 is 1.44 bits per heavy atom. The monoisotopic (exact) mass is 472 g/mol. The van der Waals surface area contributed by atoms with Crippen LogP contribution in [0.4, 0.5) is 11.4 Å². The van der Waals surface area contributed by atoms with Crippen molar-refractivity contribution in [2.45, 2.75) is 0 Å². The molecule has 2 aliphatic heterocycles. The Hall–Kier alpha value is -2.05. The second kappa shape index (κ2) is 10.3. The van der Waals surface area contributed by atoms with Crippen LogP contribution in [0.2, 0.25) is 10.0 Å². The second-order valence-electron chi connectivity index (χ2n) is 8.65. The van der Waals surface area contributed by atoms with Crippen LogP contribution in [0, 0.1) is 0 Å². The average Bonchev–Trinajstić information content (AvgIpc) is 2.78. The number of benzene rings is 2. The third kappa shape index (κ3) is 5.46. The predicted octanol–water partition coefficient (Wildman–Crippen LogP) is 4.39. The van der Waals surface area contributed by atoms with Crippen molar-refractivity contribution in [2.75, 3.05) is 76.3 Å². The van der Waals surface area contributed by atoms with Crippen molar-refractivity contribution >= 4 is 46.4 Å². The van der Waals surface area contributed by atoms with Gasteiger partial charge in [0, 0.05) is 74.3 Å². The number of allylic oxidation sites excluding steroid dienone is 1. The van der Waals surface area contributed by atoms with Crippen LogP contribution in [-0.2, 0) is 0 Å². The Morgan fingerprint density at radius 1 is 0.812 bits per heavy atom. The van der Waals surface area contributed by atoms with Crippen molar-refractivity contribution in [2.24, 2.45) is 0 Å². The number of likely N-dealkylation sites (N-methyl/N-ethyl adjacent to an activating group) is 2. The van der Waals surface area contributed by atoms with Gasteiger partial charge in [0.05, 0.1) is 5.02 Å². The van der Waals surface area contributed by atoms with Crippen LogP contribution in [0.15, 0.2) is 42.5 Å². The molecule has 0 spiro atoms. The molecule has 0 unspecified atom stereocenters. The van der Waals surface area contributed by atoms with E-state index in [1.807, 2.05) is 6.08 Å². The van der Waals surface area contributed by atoms with Crippen LogP contribution in [0.3, 0.4) is 0 Å². The Labute approximate surface area is 200 Å². The number of hydrogen-bond donors (Lipinski definition) is 0. The number of ketones is 1. The maximum Gasteiger partial charge on any atom is 0.187 e. The topological polar surface area (TPSA) is 30.0 Å². The molecule has 2 aliphatic rings. The van der Waals surface area contributed by atoms with E-state index in [2.05, 4.69) is 51.9 Å². The van der Waals surface area contributed by atoms with Crippen LogP contribution in [0.25, 0.3) is 6.08 Å². The second-order valence-corrected chi connectivity index (χ2v) is 9.49. The number of carbonyl (C=O) groups excluding carboxylic acids is 1. The summed E-state index contributed by atoms with van der Waals surface area (Å²) in [5, 5.41) is 0.893. The van der Waals surface area contributed by atoms with Gasteiger partial charge in [-0.15, -0.1) is 0 Å². The highest BCUT2D eigenvalue weighted by atomic mass is 35.5. The lowest BCUT2D eigenvalue weighted by molar-refractivity contribution is 0.104. The number of nitrogens with zero attached hydrogens (tertiary/aromatic N) is 4. The van der Waals surface area contributed by atoms with E-state index >= 15 is 0 Å². The SMILES string of the molecule is CN1CCN(c2ccc(/C=C/C(=O)c3ccc(Cl)cc3Cl)c(N3CCN(C)CC3)c2)CC1. The van der Waals surface area contributed by atoms with Crippen molar-refractivity contribution < 1.29 is 4.79 Å². The average molecular weight is 473 g/mol. The first-order valence-electron chi connectivity index (χ1n) is 11.1. The largest absolute Gasteiger partial charge is 0.369 e. The van der Waals surface area contributed by atoms with E-state index in [0.717, 1.165) is 57.9 Å². The summed E-state index contributed by atoms with van der Waals surface area (Å²) in [5.74, 6) is -0.126. The molecule has 0 amide bonds. The molecule has 0 aliphatic carbocycles. The number of piperazine rings is 2. The van der Waals surface area contributed by atoms with Gasteiger partial charge in [-0.3, -0.25) is 4.79 Å². The van der Waals surface area contributed by atoms with Gasteiger partial charge in [0.2, 0.25) is 0 Å². The maximum absolute atomic E-state index is 12.8. The molecule has 2 fully saturated rings. The molecule has 0 radical (unpaired) electrons. The number of anilines is 2. The molecule has 0 atom stereocenters. The summed E-state index contributed by atoms with van der Waals surface area (Å²) in [5.41, 5.74) is 3.94. The van der Waals surface area contributed by atoms with E-state index in [4.69, 9.17) is 23.2 Å². The quantitative estimate of drug-likeness (QED) is 0.475. The fourth-order valence-electron chi connectivity index (χ4n) is 4.20. The van der Waals surface area contributed by atoms with Crippen molar-refractivity contribution in [3.63, 3.8) is 0 Å². The first-order valence-corrected chi connectivity index (χ1v) is 11.8. The highest BCUT2D eigenvalue weighted by molar-refractivity contribution is 6.37. The summed E-state index contributed by atoms with van der Waals surface area (Å²) < 4.78 is 0. The van der Waals surface area contributed by atoms with E-state index in [1.54, 1.807) is 24.3 Å². The Morgan fingerprint density at radius 3 is 2.06 bits per heavy atom. The van der Waals surface area contributed by atoms with Crippen molar-refractivity contribution in [3.05, 3.63) is 63.6 Å². The normalized spacial score (nSPS) is 18.5. The van der Waals surface area contributed by atoms with Gasteiger partial charge >= 0.3 is 0 Å². The fraction of sp³-hybridized carbons (Fsp3) is 0.400. The number of rotatable bonds is 5. The van der Waals surface area contributed by atoms with Crippen LogP contribution >= 0.6 is 23.2 Å². The van der Waals surface area contributed by atoms with Gasteiger partial charge in [-0.2, -0.15) is 0 Å². The summed E-state index contributed by atoms with van der Waals surface area (Å²) in [6.45, 7) is 8.20. The fourth-order valence-corrected chi connectivity index (χ4v) is 4.70. The molecule has 7 heteroatoms. The van der Waals surface area contributed by atoms with Crippen LogP contribution < -0.4 is 9.80 Å².